The maximum Gasteiger partial charge on any atom is 0.253 e. The number of halogens is 1. The van der Waals surface area contributed by atoms with Crippen LogP contribution in [-0.2, 0) is 4.74 Å². The SMILES string of the molecule is O=C(NCC1CN2CCCC2CO1)c1cc(O)ccc1Cl. The number of benzene rings is 1. The van der Waals surface area contributed by atoms with E-state index in [1.54, 1.807) is 0 Å². The van der Waals surface area contributed by atoms with Gasteiger partial charge in [-0.15, -0.1) is 0 Å². The quantitative estimate of drug-likeness (QED) is 0.891. The normalized spacial score (nSPS) is 25.6. The number of hydrogen-bond acceptors (Lipinski definition) is 4. The van der Waals surface area contributed by atoms with Gasteiger partial charge in [-0.05, 0) is 37.6 Å². The number of morpholine rings is 1. The third-order valence-corrected chi connectivity index (χ3v) is 4.48. The maximum atomic E-state index is 12.1. The predicted octanol–water partition coefficient (Wildman–Crippen LogP) is 1.64. The highest BCUT2D eigenvalue weighted by atomic mass is 35.5. The largest absolute Gasteiger partial charge is 0.508 e. The number of aromatic hydroxyl groups is 1. The van der Waals surface area contributed by atoms with E-state index in [0.29, 0.717) is 17.6 Å². The minimum Gasteiger partial charge on any atom is -0.508 e. The summed E-state index contributed by atoms with van der Waals surface area (Å²) in [5.41, 5.74) is 0.284. The van der Waals surface area contributed by atoms with E-state index in [4.69, 9.17) is 16.3 Å². The Labute approximate surface area is 128 Å². The zero-order valence-corrected chi connectivity index (χ0v) is 12.5. The molecule has 1 aromatic carbocycles. The molecule has 3 rings (SSSR count). The number of nitrogens with zero attached hydrogens (tertiary/aromatic N) is 1. The summed E-state index contributed by atoms with van der Waals surface area (Å²) < 4.78 is 5.79. The van der Waals surface area contributed by atoms with E-state index in [1.807, 2.05) is 0 Å². The fraction of sp³-hybridized carbons (Fsp3) is 0.533. The number of rotatable bonds is 3. The fourth-order valence-electron chi connectivity index (χ4n) is 3.00. The summed E-state index contributed by atoms with van der Waals surface area (Å²) in [7, 11) is 0. The Bertz CT molecular complexity index is 538. The van der Waals surface area contributed by atoms with Crippen molar-refractivity contribution >= 4 is 17.5 Å². The lowest BCUT2D eigenvalue weighted by atomic mass is 10.1. The van der Waals surface area contributed by atoms with Gasteiger partial charge in [0.2, 0.25) is 0 Å². The summed E-state index contributed by atoms with van der Waals surface area (Å²) in [5, 5.41) is 12.6. The van der Waals surface area contributed by atoms with Crippen LogP contribution < -0.4 is 5.32 Å². The van der Waals surface area contributed by atoms with Crippen molar-refractivity contribution in [3.05, 3.63) is 28.8 Å². The van der Waals surface area contributed by atoms with Crippen LogP contribution in [-0.4, -0.2) is 54.3 Å². The van der Waals surface area contributed by atoms with Gasteiger partial charge in [0.15, 0.2) is 0 Å². The Morgan fingerprint density at radius 3 is 3.24 bits per heavy atom. The highest BCUT2D eigenvalue weighted by Gasteiger charge is 2.32. The fourth-order valence-corrected chi connectivity index (χ4v) is 3.20. The molecule has 21 heavy (non-hydrogen) atoms. The van der Waals surface area contributed by atoms with Gasteiger partial charge in [-0.1, -0.05) is 11.6 Å². The van der Waals surface area contributed by atoms with Gasteiger partial charge < -0.3 is 15.2 Å². The van der Waals surface area contributed by atoms with Gasteiger partial charge in [-0.3, -0.25) is 9.69 Å². The molecule has 5 nitrogen and oxygen atoms in total. The van der Waals surface area contributed by atoms with E-state index in [0.717, 1.165) is 19.7 Å². The third kappa shape index (κ3) is 3.31. The molecule has 0 bridgehead atoms. The third-order valence-electron chi connectivity index (χ3n) is 4.15. The van der Waals surface area contributed by atoms with Crippen LogP contribution in [0.2, 0.25) is 5.02 Å². The lowest BCUT2D eigenvalue weighted by Gasteiger charge is -2.35. The number of carbonyl (C=O) groups excluding carboxylic acids is 1. The number of amides is 1. The highest BCUT2D eigenvalue weighted by molar-refractivity contribution is 6.33. The minimum atomic E-state index is -0.289. The molecule has 0 aliphatic carbocycles. The topological polar surface area (TPSA) is 61.8 Å². The van der Waals surface area contributed by atoms with Crippen LogP contribution in [0.1, 0.15) is 23.2 Å². The molecule has 2 aliphatic rings. The van der Waals surface area contributed by atoms with Gasteiger partial charge in [0, 0.05) is 19.1 Å². The number of fused-ring (bicyclic) bond motifs is 1. The van der Waals surface area contributed by atoms with E-state index in [2.05, 4.69) is 10.2 Å². The number of ether oxygens (including phenoxy) is 1. The summed E-state index contributed by atoms with van der Waals surface area (Å²) in [6.07, 6.45) is 2.45. The summed E-state index contributed by atoms with van der Waals surface area (Å²) >= 11 is 5.97. The van der Waals surface area contributed by atoms with E-state index >= 15 is 0 Å². The number of phenolic OH excluding ortho intramolecular Hbond substituents is 1. The Balaban J connectivity index is 1.55. The molecule has 1 aromatic rings. The van der Waals surface area contributed by atoms with Gasteiger partial charge >= 0.3 is 0 Å². The maximum absolute atomic E-state index is 12.1. The van der Waals surface area contributed by atoms with Crippen molar-refractivity contribution in [3.63, 3.8) is 0 Å². The van der Waals surface area contributed by atoms with Gasteiger partial charge in [0.1, 0.15) is 5.75 Å². The summed E-state index contributed by atoms with van der Waals surface area (Å²) in [6.45, 7) is 3.18. The van der Waals surface area contributed by atoms with Crippen LogP contribution in [0.4, 0.5) is 0 Å². The molecular weight excluding hydrogens is 292 g/mol. The molecule has 6 heteroatoms. The van der Waals surface area contributed by atoms with Crippen LogP contribution in [0.5, 0.6) is 5.75 Å². The lowest BCUT2D eigenvalue weighted by Crippen LogP contribution is -2.50. The number of hydrogen-bond donors (Lipinski definition) is 2. The monoisotopic (exact) mass is 310 g/mol. The standard InChI is InChI=1S/C15H19ClN2O3/c16-14-4-3-11(19)6-13(14)15(20)17-7-12-8-18-5-1-2-10(18)9-21-12/h3-4,6,10,12,19H,1-2,5,7-9H2,(H,17,20). The smallest absolute Gasteiger partial charge is 0.253 e. The number of carbonyl (C=O) groups is 1. The van der Waals surface area contributed by atoms with Crippen molar-refractivity contribution in [2.24, 2.45) is 0 Å². The van der Waals surface area contributed by atoms with Crippen LogP contribution in [0, 0.1) is 0 Å². The van der Waals surface area contributed by atoms with Crippen molar-refractivity contribution in [1.29, 1.82) is 0 Å². The first-order valence-electron chi connectivity index (χ1n) is 7.26. The van der Waals surface area contributed by atoms with Crippen LogP contribution in [0.15, 0.2) is 18.2 Å². The predicted molar refractivity (Wildman–Crippen MR) is 79.8 cm³/mol. The van der Waals surface area contributed by atoms with Crippen LogP contribution in [0.3, 0.4) is 0 Å². The second kappa shape index (κ2) is 6.22. The van der Waals surface area contributed by atoms with E-state index in [9.17, 15) is 9.90 Å². The molecule has 2 atom stereocenters. The van der Waals surface area contributed by atoms with Crippen molar-refractivity contribution in [3.8, 4) is 5.75 Å². The Morgan fingerprint density at radius 2 is 2.38 bits per heavy atom. The van der Waals surface area contributed by atoms with E-state index in [-0.39, 0.29) is 23.3 Å². The van der Waals surface area contributed by atoms with E-state index < -0.39 is 0 Å². The van der Waals surface area contributed by atoms with Crippen LogP contribution >= 0.6 is 11.6 Å². The summed E-state index contributed by atoms with van der Waals surface area (Å²) in [5.74, 6) is -0.263. The second-order valence-electron chi connectivity index (χ2n) is 5.62. The molecule has 0 radical (unpaired) electrons. The van der Waals surface area contributed by atoms with Crippen molar-refractivity contribution < 1.29 is 14.6 Å². The zero-order chi connectivity index (χ0) is 14.8. The number of nitrogens with one attached hydrogen (secondary N) is 1. The second-order valence-corrected chi connectivity index (χ2v) is 6.03. The first kappa shape index (κ1) is 14.6. The van der Waals surface area contributed by atoms with Crippen molar-refractivity contribution in [2.75, 3.05) is 26.2 Å². The first-order chi connectivity index (χ1) is 10.1. The summed E-state index contributed by atoms with van der Waals surface area (Å²) in [6, 6.07) is 4.89. The van der Waals surface area contributed by atoms with Gasteiger partial charge in [0.25, 0.3) is 5.91 Å². The molecule has 2 heterocycles. The summed E-state index contributed by atoms with van der Waals surface area (Å²) in [4.78, 5) is 14.5. The van der Waals surface area contributed by atoms with E-state index in [1.165, 1.54) is 31.0 Å². The van der Waals surface area contributed by atoms with Gasteiger partial charge in [-0.25, -0.2) is 0 Å². The molecule has 0 spiro atoms. The molecular formula is C15H19ClN2O3. The molecule has 0 aromatic heterocycles. The van der Waals surface area contributed by atoms with Gasteiger partial charge in [-0.2, -0.15) is 0 Å². The molecule has 2 fully saturated rings. The Hall–Kier alpha value is -1.30. The Morgan fingerprint density at radius 1 is 1.52 bits per heavy atom. The average molecular weight is 311 g/mol. The van der Waals surface area contributed by atoms with Crippen molar-refractivity contribution in [1.82, 2.24) is 10.2 Å². The van der Waals surface area contributed by atoms with Gasteiger partial charge in [0.05, 0.1) is 23.3 Å². The molecule has 1 amide bonds. The molecule has 2 aliphatic heterocycles. The molecule has 114 valence electrons. The zero-order valence-electron chi connectivity index (χ0n) is 11.7. The minimum absolute atomic E-state index is 0.0133. The lowest BCUT2D eigenvalue weighted by molar-refractivity contribution is -0.0461. The van der Waals surface area contributed by atoms with Crippen molar-refractivity contribution in [2.45, 2.75) is 25.0 Å². The number of phenols is 1. The molecule has 2 unspecified atom stereocenters. The molecule has 0 saturated carbocycles. The molecule has 2 N–H and O–H groups in total. The average Bonchev–Trinajstić information content (AvgIpc) is 2.94. The van der Waals surface area contributed by atoms with Crippen LogP contribution in [0.25, 0.3) is 0 Å². The highest BCUT2D eigenvalue weighted by Crippen LogP contribution is 2.23. The molecule has 2 saturated heterocycles. The Kier molecular flexibility index (Phi) is 4.33. The first-order valence-corrected chi connectivity index (χ1v) is 7.63.